The van der Waals surface area contributed by atoms with Crippen LogP contribution in [-0.2, 0) is 22.6 Å². The SMILES string of the molecule is CCCN(Cc1cccn1Cc1cccc(F)c1)C(=O)COC. The van der Waals surface area contributed by atoms with Gasteiger partial charge in [0.2, 0.25) is 5.91 Å². The maximum absolute atomic E-state index is 13.3. The Morgan fingerprint density at radius 2 is 2.13 bits per heavy atom. The van der Waals surface area contributed by atoms with Crippen molar-refractivity contribution in [3.8, 4) is 0 Å². The van der Waals surface area contributed by atoms with E-state index in [0.29, 0.717) is 19.6 Å². The zero-order valence-electron chi connectivity index (χ0n) is 13.7. The van der Waals surface area contributed by atoms with E-state index in [-0.39, 0.29) is 18.3 Å². The number of nitrogens with zero attached hydrogens (tertiary/aromatic N) is 2. The number of halogens is 1. The molecule has 4 nitrogen and oxygen atoms in total. The minimum Gasteiger partial charge on any atom is -0.375 e. The van der Waals surface area contributed by atoms with Crippen molar-refractivity contribution in [2.45, 2.75) is 26.4 Å². The first kappa shape index (κ1) is 17.2. The van der Waals surface area contributed by atoms with Gasteiger partial charge < -0.3 is 14.2 Å². The number of carbonyl (C=O) groups is 1. The number of ether oxygens (including phenoxy) is 1. The Bertz CT molecular complexity index is 639. The highest BCUT2D eigenvalue weighted by atomic mass is 19.1. The normalized spacial score (nSPS) is 10.7. The van der Waals surface area contributed by atoms with Crippen LogP contribution in [0.4, 0.5) is 4.39 Å². The molecule has 0 bridgehead atoms. The fraction of sp³-hybridized carbons (Fsp3) is 0.389. The highest BCUT2D eigenvalue weighted by molar-refractivity contribution is 5.77. The van der Waals surface area contributed by atoms with E-state index in [1.807, 2.05) is 35.9 Å². The predicted octanol–water partition coefficient (Wildman–Crippen LogP) is 3.06. The van der Waals surface area contributed by atoms with Gasteiger partial charge in [0.1, 0.15) is 12.4 Å². The summed E-state index contributed by atoms with van der Waals surface area (Å²) in [6.07, 6.45) is 2.84. The lowest BCUT2D eigenvalue weighted by Crippen LogP contribution is -2.34. The number of hydrogen-bond donors (Lipinski definition) is 0. The van der Waals surface area contributed by atoms with Gasteiger partial charge in [0, 0.05) is 32.1 Å². The van der Waals surface area contributed by atoms with E-state index >= 15 is 0 Å². The fourth-order valence-corrected chi connectivity index (χ4v) is 2.55. The van der Waals surface area contributed by atoms with Crippen molar-refractivity contribution in [3.05, 3.63) is 59.7 Å². The molecule has 0 aliphatic carbocycles. The Balaban J connectivity index is 2.11. The lowest BCUT2D eigenvalue weighted by Gasteiger charge is -2.23. The zero-order chi connectivity index (χ0) is 16.7. The van der Waals surface area contributed by atoms with Crippen molar-refractivity contribution in [2.24, 2.45) is 0 Å². The number of carbonyl (C=O) groups excluding carboxylic acids is 1. The van der Waals surface area contributed by atoms with Crippen molar-refractivity contribution in [3.63, 3.8) is 0 Å². The van der Waals surface area contributed by atoms with Gasteiger partial charge in [0.25, 0.3) is 0 Å². The lowest BCUT2D eigenvalue weighted by molar-refractivity contribution is -0.135. The predicted molar refractivity (Wildman–Crippen MR) is 87.5 cm³/mol. The molecule has 0 unspecified atom stereocenters. The Morgan fingerprint density at radius 1 is 1.30 bits per heavy atom. The van der Waals surface area contributed by atoms with Crippen LogP contribution in [0.3, 0.4) is 0 Å². The van der Waals surface area contributed by atoms with Gasteiger partial charge in [-0.25, -0.2) is 4.39 Å². The van der Waals surface area contributed by atoms with E-state index in [1.54, 1.807) is 11.0 Å². The minimum atomic E-state index is -0.237. The van der Waals surface area contributed by atoms with Crippen molar-refractivity contribution in [2.75, 3.05) is 20.3 Å². The van der Waals surface area contributed by atoms with Crippen LogP contribution >= 0.6 is 0 Å². The number of aromatic nitrogens is 1. The highest BCUT2D eigenvalue weighted by Gasteiger charge is 2.14. The van der Waals surface area contributed by atoms with E-state index in [4.69, 9.17) is 4.74 Å². The molecule has 124 valence electrons. The molecule has 23 heavy (non-hydrogen) atoms. The molecule has 1 heterocycles. The minimum absolute atomic E-state index is 0.0205. The van der Waals surface area contributed by atoms with Crippen LogP contribution in [0.15, 0.2) is 42.6 Å². The Hall–Kier alpha value is -2.14. The number of rotatable bonds is 8. The first-order chi connectivity index (χ1) is 11.1. The molecule has 2 aromatic rings. The van der Waals surface area contributed by atoms with Gasteiger partial charge in [-0.05, 0) is 36.2 Å². The van der Waals surface area contributed by atoms with E-state index < -0.39 is 0 Å². The fourth-order valence-electron chi connectivity index (χ4n) is 2.55. The summed E-state index contributed by atoms with van der Waals surface area (Å²) in [5.41, 5.74) is 1.92. The molecule has 0 saturated heterocycles. The molecular formula is C18H23FN2O2. The van der Waals surface area contributed by atoms with E-state index in [0.717, 1.165) is 17.7 Å². The van der Waals surface area contributed by atoms with E-state index in [2.05, 4.69) is 0 Å². The molecule has 0 spiro atoms. The average molecular weight is 318 g/mol. The van der Waals surface area contributed by atoms with Gasteiger partial charge in [-0.2, -0.15) is 0 Å². The van der Waals surface area contributed by atoms with Gasteiger partial charge >= 0.3 is 0 Å². The van der Waals surface area contributed by atoms with Gasteiger partial charge in [-0.1, -0.05) is 19.1 Å². The van der Waals surface area contributed by atoms with Crippen molar-refractivity contribution in [1.82, 2.24) is 9.47 Å². The number of methoxy groups -OCH3 is 1. The van der Waals surface area contributed by atoms with E-state index in [9.17, 15) is 9.18 Å². The van der Waals surface area contributed by atoms with E-state index in [1.165, 1.54) is 19.2 Å². The van der Waals surface area contributed by atoms with Crippen LogP contribution in [0, 0.1) is 5.82 Å². The molecule has 1 amide bonds. The summed E-state index contributed by atoms with van der Waals surface area (Å²) in [5, 5.41) is 0. The average Bonchev–Trinajstić information content (AvgIpc) is 2.94. The van der Waals surface area contributed by atoms with Crippen molar-refractivity contribution in [1.29, 1.82) is 0 Å². The van der Waals surface area contributed by atoms with Crippen LogP contribution in [0.1, 0.15) is 24.6 Å². The largest absolute Gasteiger partial charge is 0.375 e. The third-order valence-corrected chi connectivity index (χ3v) is 3.63. The van der Waals surface area contributed by atoms with Crippen LogP contribution < -0.4 is 0 Å². The maximum Gasteiger partial charge on any atom is 0.248 e. The zero-order valence-corrected chi connectivity index (χ0v) is 13.7. The van der Waals surface area contributed by atoms with Crippen LogP contribution in [0.25, 0.3) is 0 Å². The maximum atomic E-state index is 13.3. The third kappa shape index (κ3) is 4.93. The number of amides is 1. The Morgan fingerprint density at radius 3 is 2.83 bits per heavy atom. The molecule has 0 radical (unpaired) electrons. The summed E-state index contributed by atoms with van der Waals surface area (Å²) in [6, 6.07) is 10.5. The molecule has 1 aromatic heterocycles. The summed E-state index contributed by atoms with van der Waals surface area (Å²) in [5.74, 6) is -0.257. The van der Waals surface area contributed by atoms with Gasteiger partial charge in [-0.3, -0.25) is 4.79 Å². The van der Waals surface area contributed by atoms with Gasteiger partial charge in [0.15, 0.2) is 0 Å². The first-order valence-electron chi connectivity index (χ1n) is 7.79. The molecule has 0 saturated carbocycles. The van der Waals surface area contributed by atoms with Gasteiger partial charge in [-0.15, -0.1) is 0 Å². The topological polar surface area (TPSA) is 34.5 Å². The summed E-state index contributed by atoms with van der Waals surface area (Å²) in [6.45, 7) is 3.92. The summed E-state index contributed by atoms with van der Waals surface area (Å²) in [7, 11) is 1.52. The van der Waals surface area contributed by atoms with Crippen LogP contribution in [0.2, 0.25) is 0 Å². The second-order valence-electron chi connectivity index (χ2n) is 5.51. The summed E-state index contributed by atoms with van der Waals surface area (Å²) >= 11 is 0. The molecule has 0 aliphatic rings. The second-order valence-corrected chi connectivity index (χ2v) is 5.51. The smallest absolute Gasteiger partial charge is 0.248 e. The second kappa shape index (κ2) is 8.48. The Labute approximate surface area is 136 Å². The molecular weight excluding hydrogens is 295 g/mol. The molecule has 2 rings (SSSR count). The summed E-state index contributed by atoms with van der Waals surface area (Å²) in [4.78, 5) is 13.9. The third-order valence-electron chi connectivity index (χ3n) is 3.63. The van der Waals surface area contributed by atoms with Gasteiger partial charge in [0.05, 0.1) is 6.54 Å². The molecule has 0 N–H and O–H groups in total. The first-order valence-corrected chi connectivity index (χ1v) is 7.79. The number of benzene rings is 1. The highest BCUT2D eigenvalue weighted by Crippen LogP contribution is 2.12. The lowest BCUT2D eigenvalue weighted by atomic mass is 10.2. The standard InChI is InChI=1S/C18H23FN2O2/c1-3-9-21(18(22)14-23-2)13-17-8-5-10-20(17)12-15-6-4-7-16(19)11-15/h4-8,10-11H,3,9,12-14H2,1-2H3. The molecule has 0 atom stereocenters. The van der Waals surface area contributed by atoms with Crippen LogP contribution in [0.5, 0.6) is 0 Å². The Kier molecular flexibility index (Phi) is 6.35. The summed E-state index contributed by atoms with van der Waals surface area (Å²) < 4.78 is 20.3. The molecule has 0 fully saturated rings. The molecule has 5 heteroatoms. The molecule has 1 aromatic carbocycles. The van der Waals surface area contributed by atoms with Crippen LogP contribution in [-0.4, -0.2) is 35.6 Å². The number of hydrogen-bond acceptors (Lipinski definition) is 2. The van der Waals surface area contributed by atoms with Crippen molar-refractivity contribution < 1.29 is 13.9 Å². The van der Waals surface area contributed by atoms with Crippen molar-refractivity contribution >= 4 is 5.91 Å². The quantitative estimate of drug-likeness (QED) is 0.750. The molecule has 0 aliphatic heterocycles. The monoisotopic (exact) mass is 318 g/mol.